The molecule has 0 aliphatic heterocycles. The predicted octanol–water partition coefficient (Wildman–Crippen LogP) is -3.02. The number of aliphatic hydroxyl groups is 1. The van der Waals surface area contributed by atoms with Crippen LogP contribution in [-0.4, -0.2) is 44.5 Å². The van der Waals surface area contributed by atoms with Gasteiger partial charge in [-0.15, -0.1) is 0 Å². The Morgan fingerprint density at radius 3 is 2.56 bits per heavy atom. The summed E-state index contributed by atoms with van der Waals surface area (Å²) in [5, 5.41) is 8.44. The van der Waals surface area contributed by atoms with E-state index in [0.717, 1.165) is 6.07 Å². The first kappa shape index (κ1) is 17.8. The molecule has 1 N–H and O–H groups in total. The quantitative estimate of drug-likeness (QED) is 0.325. The molecule has 96 valence electrons. The van der Waals surface area contributed by atoms with E-state index < -0.39 is 10.1 Å². The van der Waals surface area contributed by atoms with Crippen molar-refractivity contribution in [1.29, 1.82) is 0 Å². The van der Waals surface area contributed by atoms with E-state index in [1.807, 2.05) is 0 Å². The standard InChI is InChI=1S/C10H14O6S.Na/c11-4-5-15-6-7-16-9-2-1-3-10(8-9)17(12,13)14;/h1-3,8,11H,4-7H2,(H,12,13,14);/q;+1/p-1. The van der Waals surface area contributed by atoms with Gasteiger partial charge in [-0.3, -0.25) is 0 Å². The van der Waals surface area contributed by atoms with Gasteiger partial charge in [-0.05, 0) is 18.2 Å². The molecule has 18 heavy (non-hydrogen) atoms. The van der Waals surface area contributed by atoms with Crippen LogP contribution in [0.5, 0.6) is 5.75 Å². The Hall–Kier alpha value is -0.150. The second-order valence-electron chi connectivity index (χ2n) is 3.11. The summed E-state index contributed by atoms with van der Waals surface area (Å²) in [5.41, 5.74) is 0. The predicted molar refractivity (Wildman–Crippen MR) is 57.8 cm³/mol. The first-order chi connectivity index (χ1) is 8.04. The normalized spacial score (nSPS) is 10.8. The van der Waals surface area contributed by atoms with Crippen LogP contribution in [0.3, 0.4) is 0 Å². The minimum atomic E-state index is -4.46. The van der Waals surface area contributed by atoms with Gasteiger partial charge in [0.15, 0.2) is 0 Å². The number of hydrogen-bond donors (Lipinski definition) is 1. The van der Waals surface area contributed by atoms with Crippen molar-refractivity contribution < 1.29 is 57.1 Å². The van der Waals surface area contributed by atoms with Crippen LogP contribution >= 0.6 is 0 Å². The summed E-state index contributed by atoms with van der Waals surface area (Å²) in [5.74, 6) is 0.287. The first-order valence-corrected chi connectivity index (χ1v) is 6.32. The van der Waals surface area contributed by atoms with E-state index in [1.165, 1.54) is 12.1 Å². The Balaban J connectivity index is 0.00000289. The van der Waals surface area contributed by atoms with E-state index in [1.54, 1.807) is 6.07 Å². The van der Waals surface area contributed by atoms with Crippen LogP contribution in [0.25, 0.3) is 0 Å². The van der Waals surface area contributed by atoms with Crippen molar-refractivity contribution in [1.82, 2.24) is 0 Å². The van der Waals surface area contributed by atoms with Crippen molar-refractivity contribution in [3.05, 3.63) is 24.3 Å². The van der Waals surface area contributed by atoms with Crippen LogP contribution in [0.4, 0.5) is 0 Å². The molecule has 0 fully saturated rings. The van der Waals surface area contributed by atoms with E-state index in [2.05, 4.69) is 0 Å². The number of rotatable bonds is 7. The topological polar surface area (TPSA) is 95.9 Å². The van der Waals surface area contributed by atoms with Gasteiger partial charge in [0, 0.05) is 0 Å². The summed E-state index contributed by atoms with van der Waals surface area (Å²) in [6.45, 7) is 0.638. The van der Waals surface area contributed by atoms with Crippen LogP contribution in [0.2, 0.25) is 0 Å². The average molecular weight is 284 g/mol. The largest absolute Gasteiger partial charge is 1.00 e. The zero-order valence-electron chi connectivity index (χ0n) is 10.0. The molecule has 0 unspecified atom stereocenters. The molecule has 0 saturated heterocycles. The Labute approximate surface area is 128 Å². The van der Waals surface area contributed by atoms with Gasteiger partial charge in [-0.25, -0.2) is 8.42 Å². The summed E-state index contributed by atoms with van der Waals surface area (Å²) in [4.78, 5) is -0.328. The summed E-state index contributed by atoms with van der Waals surface area (Å²) in [6.07, 6.45) is 0. The van der Waals surface area contributed by atoms with Crippen LogP contribution in [-0.2, 0) is 14.9 Å². The molecule has 0 aliphatic rings. The molecule has 1 aromatic carbocycles. The van der Waals surface area contributed by atoms with Crippen molar-refractivity contribution >= 4 is 10.1 Å². The molecule has 0 spiro atoms. The van der Waals surface area contributed by atoms with E-state index >= 15 is 0 Å². The van der Waals surface area contributed by atoms with Crippen molar-refractivity contribution in [3.8, 4) is 5.75 Å². The molecule has 0 saturated carbocycles. The molecule has 0 aliphatic carbocycles. The summed E-state index contributed by atoms with van der Waals surface area (Å²) in [7, 11) is -4.46. The van der Waals surface area contributed by atoms with Crippen molar-refractivity contribution in [2.75, 3.05) is 26.4 Å². The molecule has 0 atom stereocenters. The summed E-state index contributed by atoms with van der Waals surface area (Å²) < 4.78 is 42.3. The molecule has 1 aromatic rings. The molecular weight excluding hydrogens is 271 g/mol. The van der Waals surface area contributed by atoms with E-state index in [9.17, 15) is 13.0 Å². The summed E-state index contributed by atoms with van der Waals surface area (Å²) >= 11 is 0. The minimum Gasteiger partial charge on any atom is -0.744 e. The number of aliphatic hydroxyl groups excluding tert-OH is 1. The van der Waals surface area contributed by atoms with Gasteiger partial charge in [0.1, 0.15) is 22.5 Å². The Bertz CT molecular complexity index is 447. The molecule has 1 rings (SSSR count). The third-order valence-electron chi connectivity index (χ3n) is 1.83. The summed E-state index contributed by atoms with van der Waals surface area (Å²) in [6, 6.07) is 5.33. The smallest absolute Gasteiger partial charge is 0.744 e. The fourth-order valence-electron chi connectivity index (χ4n) is 1.10. The molecule has 0 amide bonds. The fraction of sp³-hybridized carbons (Fsp3) is 0.400. The van der Waals surface area contributed by atoms with Crippen LogP contribution in [0.1, 0.15) is 0 Å². The van der Waals surface area contributed by atoms with Gasteiger partial charge >= 0.3 is 29.6 Å². The first-order valence-electron chi connectivity index (χ1n) is 4.91. The number of ether oxygens (including phenoxy) is 2. The van der Waals surface area contributed by atoms with E-state index in [4.69, 9.17) is 14.6 Å². The minimum absolute atomic E-state index is 0. The zero-order valence-corrected chi connectivity index (χ0v) is 12.9. The Morgan fingerprint density at radius 2 is 1.94 bits per heavy atom. The third kappa shape index (κ3) is 6.69. The SMILES string of the molecule is O=S(=O)([O-])c1cccc(OCCOCCO)c1.[Na+]. The molecule has 0 radical (unpaired) electrons. The Morgan fingerprint density at radius 1 is 1.22 bits per heavy atom. The Kier molecular flexibility index (Phi) is 8.79. The molecule has 0 bridgehead atoms. The second-order valence-corrected chi connectivity index (χ2v) is 4.49. The van der Waals surface area contributed by atoms with Gasteiger partial charge in [0.05, 0.1) is 24.7 Å². The molecule has 0 heterocycles. The van der Waals surface area contributed by atoms with Gasteiger partial charge in [-0.2, -0.15) is 0 Å². The second kappa shape index (κ2) is 8.87. The van der Waals surface area contributed by atoms with Gasteiger partial charge in [-0.1, -0.05) is 6.07 Å². The van der Waals surface area contributed by atoms with Gasteiger partial charge in [0.25, 0.3) is 0 Å². The maximum absolute atomic E-state index is 10.7. The van der Waals surface area contributed by atoms with E-state index in [0.29, 0.717) is 0 Å². The monoisotopic (exact) mass is 284 g/mol. The van der Waals surface area contributed by atoms with Crippen LogP contribution in [0, 0.1) is 0 Å². The van der Waals surface area contributed by atoms with Gasteiger partial charge < -0.3 is 19.1 Å². The average Bonchev–Trinajstić information content (AvgIpc) is 2.28. The molecular formula is C10H13NaO6S. The number of benzene rings is 1. The van der Waals surface area contributed by atoms with Crippen LogP contribution in [0.15, 0.2) is 29.2 Å². The molecule has 0 aromatic heterocycles. The number of hydrogen-bond acceptors (Lipinski definition) is 6. The molecule has 8 heteroatoms. The zero-order chi connectivity index (χ0) is 12.7. The van der Waals surface area contributed by atoms with Crippen LogP contribution < -0.4 is 34.3 Å². The maximum atomic E-state index is 10.7. The van der Waals surface area contributed by atoms with Crippen molar-refractivity contribution in [3.63, 3.8) is 0 Å². The maximum Gasteiger partial charge on any atom is 1.00 e. The van der Waals surface area contributed by atoms with Gasteiger partial charge in [0.2, 0.25) is 0 Å². The van der Waals surface area contributed by atoms with E-state index in [-0.39, 0.29) is 66.6 Å². The van der Waals surface area contributed by atoms with Crippen molar-refractivity contribution in [2.45, 2.75) is 4.90 Å². The van der Waals surface area contributed by atoms with Crippen molar-refractivity contribution in [2.24, 2.45) is 0 Å². The molecule has 6 nitrogen and oxygen atoms in total. The fourth-order valence-corrected chi connectivity index (χ4v) is 1.61. The third-order valence-corrected chi connectivity index (χ3v) is 2.66.